The van der Waals surface area contributed by atoms with Gasteiger partial charge in [-0.1, -0.05) is 19.7 Å². The number of hydrogen-bond acceptors (Lipinski definition) is 3. The minimum absolute atomic E-state index is 1.23. The number of hydrogen-bond donors (Lipinski definition) is 0. The normalized spacial score (nSPS) is 8.10. The average Bonchev–Trinajstić information content (AvgIpc) is 1.90. The van der Waals surface area contributed by atoms with Crippen LogP contribution in [0.1, 0.15) is 0 Å². The molecule has 0 unspecified atom stereocenters. The summed E-state index contributed by atoms with van der Waals surface area (Å²) in [5, 5.41) is 0. The van der Waals surface area contributed by atoms with Gasteiger partial charge in [-0.05, 0) is 0 Å². The maximum Gasteiger partial charge on any atom is 0.528 e. The lowest BCUT2D eigenvalue weighted by molar-refractivity contribution is 0.305. The molecule has 0 rings (SSSR count). The van der Waals surface area contributed by atoms with Crippen LogP contribution >= 0.6 is 8.60 Å². The van der Waals surface area contributed by atoms with Gasteiger partial charge in [0.1, 0.15) is 0 Å². The smallest absolute Gasteiger partial charge is 0.417 e. The zero-order valence-corrected chi connectivity index (χ0v) is 6.42. The third-order valence-electron chi connectivity index (χ3n) is 0.482. The maximum absolute atomic E-state index is 4.76. The van der Waals surface area contributed by atoms with Crippen LogP contribution in [0.5, 0.6) is 0 Å². The Morgan fingerprint density at radius 2 is 1.10 bits per heavy atom. The molecule has 56 valence electrons. The van der Waals surface area contributed by atoms with Crippen LogP contribution in [0.3, 0.4) is 0 Å². The van der Waals surface area contributed by atoms with Crippen molar-refractivity contribution in [3.63, 3.8) is 0 Å². The molecule has 0 saturated heterocycles. The summed E-state index contributed by atoms with van der Waals surface area (Å²) in [4.78, 5) is 0. The zero-order chi connectivity index (χ0) is 7.82. The first-order chi connectivity index (χ1) is 4.85. The average molecular weight is 160 g/mol. The monoisotopic (exact) mass is 160 g/mol. The Balaban J connectivity index is 3.58. The fourth-order valence-corrected chi connectivity index (χ4v) is 0.771. The molecule has 0 spiro atoms. The Labute approximate surface area is 61.6 Å². The maximum atomic E-state index is 4.76. The van der Waals surface area contributed by atoms with Gasteiger partial charge in [-0.3, -0.25) is 0 Å². The lowest BCUT2D eigenvalue weighted by atomic mass is 11.2. The first-order valence-corrected chi connectivity index (χ1v) is 3.58. The van der Waals surface area contributed by atoms with Gasteiger partial charge in [-0.25, -0.2) is 0 Å². The van der Waals surface area contributed by atoms with E-state index >= 15 is 0 Å². The lowest BCUT2D eigenvalue weighted by Gasteiger charge is -2.08. The minimum atomic E-state index is -1.42. The van der Waals surface area contributed by atoms with Crippen LogP contribution in [-0.4, -0.2) is 0 Å². The molecule has 0 aliphatic heterocycles. The predicted molar refractivity (Wildman–Crippen MR) is 40.8 cm³/mol. The van der Waals surface area contributed by atoms with Gasteiger partial charge in [-0.15, -0.1) is 0 Å². The highest BCUT2D eigenvalue weighted by Gasteiger charge is 2.09. The fourth-order valence-electron chi connectivity index (χ4n) is 0.257. The highest BCUT2D eigenvalue weighted by Crippen LogP contribution is 2.39. The second-order valence-corrected chi connectivity index (χ2v) is 2.12. The summed E-state index contributed by atoms with van der Waals surface area (Å²) < 4.78 is 14.3. The van der Waals surface area contributed by atoms with E-state index in [1.54, 1.807) is 0 Å². The van der Waals surface area contributed by atoms with E-state index in [9.17, 15) is 0 Å². The minimum Gasteiger partial charge on any atom is -0.417 e. The first-order valence-electron chi connectivity index (χ1n) is 2.48. The standard InChI is InChI=1S/C6H9O3P/c1-4-7-10(8-5-2)9-6-3/h4-6H,1-3H2. The van der Waals surface area contributed by atoms with E-state index in [1.807, 2.05) is 0 Å². The van der Waals surface area contributed by atoms with E-state index in [2.05, 4.69) is 19.7 Å². The van der Waals surface area contributed by atoms with Gasteiger partial charge in [0.05, 0.1) is 18.8 Å². The van der Waals surface area contributed by atoms with Crippen molar-refractivity contribution < 1.29 is 13.6 Å². The van der Waals surface area contributed by atoms with Crippen LogP contribution in [0, 0.1) is 0 Å². The zero-order valence-electron chi connectivity index (χ0n) is 5.53. The molecule has 0 saturated carbocycles. The predicted octanol–water partition coefficient (Wildman–Crippen LogP) is 2.69. The molecule has 0 N–H and O–H groups in total. The van der Waals surface area contributed by atoms with E-state index in [1.165, 1.54) is 18.8 Å². The van der Waals surface area contributed by atoms with Gasteiger partial charge < -0.3 is 13.6 Å². The summed E-state index contributed by atoms with van der Waals surface area (Å²) in [5.74, 6) is 0. The Morgan fingerprint density at radius 1 is 0.800 bits per heavy atom. The van der Waals surface area contributed by atoms with Crippen LogP contribution in [0.25, 0.3) is 0 Å². The second-order valence-electron chi connectivity index (χ2n) is 1.04. The summed E-state index contributed by atoms with van der Waals surface area (Å²) in [5.41, 5.74) is 0. The molecule has 0 aliphatic rings. The van der Waals surface area contributed by atoms with Gasteiger partial charge >= 0.3 is 8.60 Å². The van der Waals surface area contributed by atoms with Crippen molar-refractivity contribution in [2.45, 2.75) is 0 Å². The molecule has 0 fully saturated rings. The van der Waals surface area contributed by atoms with Crippen molar-refractivity contribution in [2.24, 2.45) is 0 Å². The first kappa shape index (κ1) is 9.05. The van der Waals surface area contributed by atoms with Crippen LogP contribution < -0.4 is 0 Å². The van der Waals surface area contributed by atoms with Gasteiger partial charge in [0.15, 0.2) is 0 Å². The molecule has 0 amide bonds. The van der Waals surface area contributed by atoms with E-state index in [-0.39, 0.29) is 0 Å². The molecule has 0 aromatic carbocycles. The summed E-state index contributed by atoms with van der Waals surface area (Å²) in [6.07, 6.45) is 3.70. The second kappa shape index (κ2) is 6.17. The fraction of sp³-hybridized carbons (Fsp3) is 0. The van der Waals surface area contributed by atoms with Gasteiger partial charge in [0, 0.05) is 0 Å². The quantitative estimate of drug-likeness (QED) is 0.441. The topological polar surface area (TPSA) is 27.7 Å². The van der Waals surface area contributed by atoms with Crippen LogP contribution in [0.15, 0.2) is 38.5 Å². The van der Waals surface area contributed by atoms with E-state index in [0.29, 0.717) is 0 Å². The molecule has 0 bridgehead atoms. The molecule has 0 heterocycles. The summed E-state index contributed by atoms with van der Waals surface area (Å²) in [6.45, 7) is 9.99. The largest absolute Gasteiger partial charge is 0.528 e. The molecule has 3 nitrogen and oxygen atoms in total. The molecule has 0 radical (unpaired) electrons. The highest BCUT2D eigenvalue weighted by molar-refractivity contribution is 7.42. The highest BCUT2D eigenvalue weighted by atomic mass is 31.2. The summed E-state index contributed by atoms with van der Waals surface area (Å²) in [6, 6.07) is 0. The van der Waals surface area contributed by atoms with Crippen molar-refractivity contribution in [3.8, 4) is 0 Å². The molecule has 0 aliphatic carbocycles. The van der Waals surface area contributed by atoms with Crippen molar-refractivity contribution in [1.29, 1.82) is 0 Å². The van der Waals surface area contributed by atoms with Gasteiger partial charge in [0.25, 0.3) is 0 Å². The Hall–Kier alpha value is -0.950. The van der Waals surface area contributed by atoms with Gasteiger partial charge in [0.2, 0.25) is 0 Å². The molecule has 4 heteroatoms. The van der Waals surface area contributed by atoms with Crippen molar-refractivity contribution in [3.05, 3.63) is 38.5 Å². The van der Waals surface area contributed by atoms with Gasteiger partial charge in [-0.2, -0.15) is 0 Å². The number of rotatable bonds is 6. The lowest BCUT2D eigenvalue weighted by Crippen LogP contribution is -1.79. The SMILES string of the molecule is C=COP(OC=C)OC=C. The summed E-state index contributed by atoms with van der Waals surface area (Å²) >= 11 is 0. The molecule has 0 aromatic rings. The Kier molecular flexibility index (Phi) is 5.59. The van der Waals surface area contributed by atoms with Crippen LogP contribution in [0.2, 0.25) is 0 Å². The Bertz CT molecular complexity index is 100. The van der Waals surface area contributed by atoms with E-state index in [4.69, 9.17) is 13.6 Å². The van der Waals surface area contributed by atoms with Crippen molar-refractivity contribution in [1.82, 2.24) is 0 Å². The molecule has 10 heavy (non-hydrogen) atoms. The van der Waals surface area contributed by atoms with Crippen molar-refractivity contribution >= 4 is 8.60 Å². The third kappa shape index (κ3) is 3.98. The van der Waals surface area contributed by atoms with E-state index in [0.717, 1.165) is 0 Å². The molecule has 0 aromatic heterocycles. The molecular formula is C6H9O3P. The Morgan fingerprint density at radius 3 is 1.30 bits per heavy atom. The molecular weight excluding hydrogens is 151 g/mol. The molecule has 0 atom stereocenters. The third-order valence-corrected chi connectivity index (χ3v) is 1.45. The van der Waals surface area contributed by atoms with Crippen molar-refractivity contribution in [2.75, 3.05) is 0 Å². The van der Waals surface area contributed by atoms with Crippen LogP contribution in [0.4, 0.5) is 0 Å². The van der Waals surface area contributed by atoms with E-state index < -0.39 is 8.60 Å². The van der Waals surface area contributed by atoms with Crippen LogP contribution in [-0.2, 0) is 13.6 Å². The summed E-state index contributed by atoms with van der Waals surface area (Å²) in [7, 11) is -1.42.